The highest BCUT2D eigenvalue weighted by atomic mass is 35.5. The Bertz CT molecular complexity index is 476. The van der Waals surface area contributed by atoms with Crippen LogP contribution in [0.15, 0.2) is 11.1 Å². The molecule has 1 aromatic rings. The number of carbonyl (C=O) groups is 1. The second kappa shape index (κ2) is 6.68. The van der Waals surface area contributed by atoms with E-state index >= 15 is 0 Å². The second-order valence-electron chi connectivity index (χ2n) is 4.73. The Balaban J connectivity index is 2.70. The van der Waals surface area contributed by atoms with Crippen molar-refractivity contribution < 1.29 is 9.53 Å². The van der Waals surface area contributed by atoms with Crippen LogP contribution in [0.3, 0.4) is 0 Å². The van der Waals surface area contributed by atoms with Crippen LogP contribution in [0.25, 0.3) is 0 Å². The summed E-state index contributed by atoms with van der Waals surface area (Å²) in [5.74, 6) is 0.364. The van der Waals surface area contributed by atoms with Gasteiger partial charge in [-0.3, -0.25) is 4.79 Å². The largest absolute Gasteiger partial charge is 0.459 e. The van der Waals surface area contributed by atoms with E-state index in [1.54, 1.807) is 13.1 Å². The third-order valence-electron chi connectivity index (χ3n) is 1.88. The molecular formula is C12H16Cl2N2O2S. The lowest BCUT2D eigenvalue weighted by Gasteiger charge is -2.19. The molecule has 1 N–H and O–H groups in total. The van der Waals surface area contributed by atoms with Crippen molar-refractivity contribution in [3.63, 3.8) is 0 Å². The lowest BCUT2D eigenvalue weighted by Crippen LogP contribution is -2.24. The van der Waals surface area contributed by atoms with Crippen molar-refractivity contribution in [3.8, 4) is 0 Å². The molecule has 106 valence electrons. The predicted octanol–water partition coefficient (Wildman–Crippen LogP) is 3.86. The number of ether oxygens (including phenoxy) is 1. The van der Waals surface area contributed by atoms with E-state index in [2.05, 4.69) is 10.3 Å². The summed E-state index contributed by atoms with van der Waals surface area (Å²) in [4.78, 5) is 15.8. The highest BCUT2D eigenvalue weighted by Gasteiger charge is 2.17. The zero-order chi connectivity index (χ0) is 14.6. The Labute approximate surface area is 127 Å². The Morgan fingerprint density at radius 1 is 1.42 bits per heavy atom. The van der Waals surface area contributed by atoms with Crippen LogP contribution in [0.1, 0.15) is 20.8 Å². The molecule has 7 heteroatoms. The number of aromatic nitrogens is 1. The van der Waals surface area contributed by atoms with Gasteiger partial charge in [0.2, 0.25) is 0 Å². The van der Waals surface area contributed by atoms with Crippen LogP contribution >= 0.6 is 35.0 Å². The average Bonchev–Trinajstić information content (AvgIpc) is 2.25. The minimum absolute atomic E-state index is 0.148. The molecule has 0 bridgehead atoms. The molecule has 1 aromatic heterocycles. The highest BCUT2D eigenvalue weighted by molar-refractivity contribution is 8.00. The number of hydrogen-bond donors (Lipinski definition) is 1. The Morgan fingerprint density at radius 3 is 2.58 bits per heavy atom. The molecular weight excluding hydrogens is 307 g/mol. The number of nitrogens with zero attached hydrogens (tertiary/aromatic N) is 1. The monoisotopic (exact) mass is 322 g/mol. The number of rotatable bonds is 4. The zero-order valence-electron chi connectivity index (χ0n) is 11.2. The summed E-state index contributed by atoms with van der Waals surface area (Å²) in [6, 6.07) is 1.60. The van der Waals surface area contributed by atoms with Crippen LogP contribution in [-0.4, -0.2) is 29.4 Å². The molecule has 1 heterocycles. The van der Waals surface area contributed by atoms with Crippen LogP contribution in [0.5, 0.6) is 0 Å². The SMILES string of the molecule is CNc1nc(SCC(=O)OC(C)(C)C)c(Cl)cc1Cl. The predicted molar refractivity (Wildman–Crippen MR) is 80.4 cm³/mol. The third-order valence-corrected chi connectivity index (χ3v) is 3.53. The summed E-state index contributed by atoms with van der Waals surface area (Å²) in [7, 11) is 1.71. The maximum Gasteiger partial charge on any atom is 0.316 e. The van der Waals surface area contributed by atoms with Crippen molar-refractivity contribution in [2.24, 2.45) is 0 Å². The van der Waals surface area contributed by atoms with Gasteiger partial charge in [-0.05, 0) is 26.8 Å². The number of carbonyl (C=O) groups excluding carboxylic acids is 1. The zero-order valence-corrected chi connectivity index (χ0v) is 13.5. The Kier molecular flexibility index (Phi) is 5.77. The first-order valence-electron chi connectivity index (χ1n) is 5.61. The number of thioether (sulfide) groups is 1. The van der Waals surface area contributed by atoms with E-state index < -0.39 is 5.60 Å². The van der Waals surface area contributed by atoms with Crippen molar-refractivity contribution in [1.29, 1.82) is 0 Å². The highest BCUT2D eigenvalue weighted by Crippen LogP contribution is 2.31. The number of hydrogen-bond acceptors (Lipinski definition) is 5. The van der Waals surface area contributed by atoms with Crippen LogP contribution in [0, 0.1) is 0 Å². The number of anilines is 1. The quantitative estimate of drug-likeness (QED) is 0.673. The average molecular weight is 323 g/mol. The lowest BCUT2D eigenvalue weighted by atomic mass is 10.2. The van der Waals surface area contributed by atoms with Crippen LogP contribution in [0.4, 0.5) is 5.82 Å². The molecule has 0 fully saturated rings. The fraction of sp³-hybridized carbons (Fsp3) is 0.500. The van der Waals surface area contributed by atoms with Gasteiger partial charge in [0, 0.05) is 7.05 Å². The summed E-state index contributed by atoms with van der Waals surface area (Å²) in [5, 5.41) is 4.25. The number of esters is 1. The van der Waals surface area contributed by atoms with Crippen LogP contribution in [-0.2, 0) is 9.53 Å². The number of halogens is 2. The number of pyridine rings is 1. The molecule has 0 saturated heterocycles. The molecule has 0 aromatic carbocycles. The first-order chi connectivity index (χ1) is 8.73. The van der Waals surface area contributed by atoms with Gasteiger partial charge in [-0.1, -0.05) is 35.0 Å². The minimum Gasteiger partial charge on any atom is -0.459 e. The van der Waals surface area contributed by atoms with Gasteiger partial charge in [-0.25, -0.2) is 4.98 Å². The molecule has 0 atom stereocenters. The fourth-order valence-electron chi connectivity index (χ4n) is 1.22. The van der Waals surface area contributed by atoms with E-state index in [9.17, 15) is 4.79 Å². The molecule has 0 amide bonds. The van der Waals surface area contributed by atoms with Crippen molar-refractivity contribution in [2.45, 2.75) is 31.4 Å². The smallest absolute Gasteiger partial charge is 0.316 e. The molecule has 0 aliphatic rings. The second-order valence-corrected chi connectivity index (χ2v) is 6.51. The van der Waals surface area contributed by atoms with E-state index in [0.717, 1.165) is 0 Å². The maximum atomic E-state index is 11.6. The van der Waals surface area contributed by atoms with Gasteiger partial charge in [-0.15, -0.1) is 0 Å². The van der Waals surface area contributed by atoms with E-state index in [-0.39, 0.29) is 11.7 Å². The van der Waals surface area contributed by atoms with Crippen molar-refractivity contribution >= 4 is 46.8 Å². The first-order valence-corrected chi connectivity index (χ1v) is 7.35. The van der Waals surface area contributed by atoms with Gasteiger partial charge >= 0.3 is 5.97 Å². The molecule has 1 rings (SSSR count). The molecule has 4 nitrogen and oxygen atoms in total. The summed E-state index contributed by atoms with van der Waals surface area (Å²) >= 11 is 13.2. The summed E-state index contributed by atoms with van der Waals surface area (Å²) in [6.07, 6.45) is 0. The molecule has 0 aliphatic carbocycles. The van der Waals surface area contributed by atoms with E-state index in [1.807, 2.05) is 20.8 Å². The maximum absolute atomic E-state index is 11.6. The molecule has 0 saturated carbocycles. The van der Waals surface area contributed by atoms with Crippen molar-refractivity contribution in [2.75, 3.05) is 18.1 Å². The first kappa shape index (κ1) is 16.4. The van der Waals surface area contributed by atoms with Gasteiger partial charge < -0.3 is 10.1 Å². The summed E-state index contributed by atoms with van der Waals surface area (Å²) < 4.78 is 5.21. The summed E-state index contributed by atoms with van der Waals surface area (Å²) in [5.41, 5.74) is -0.495. The van der Waals surface area contributed by atoms with Gasteiger partial charge in [0.15, 0.2) is 0 Å². The van der Waals surface area contributed by atoms with Gasteiger partial charge in [0.25, 0.3) is 0 Å². The van der Waals surface area contributed by atoms with Crippen molar-refractivity contribution in [3.05, 3.63) is 16.1 Å². The van der Waals surface area contributed by atoms with E-state index in [4.69, 9.17) is 27.9 Å². The summed E-state index contributed by atoms with van der Waals surface area (Å²) in [6.45, 7) is 5.46. The van der Waals surface area contributed by atoms with Crippen molar-refractivity contribution in [1.82, 2.24) is 4.98 Å². The number of nitrogens with one attached hydrogen (secondary N) is 1. The topological polar surface area (TPSA) is 51.2 Å². The molecule has 0 spiro atoms. The van der Waals surface area contributed by atoms with E-state index in [1.165, 1.54) is 11.8 Å². The fourth-order valence-corrected chi connectivity index (χ4v) is 2.51. The minimum atomic E-state index is -0.495. The van der Waals surface area contributed by atoms with Crippen LogP contribution < -0.4 is 5.32 Å². The van der Waals surface area contributed by atoms with E-state index in [0.29, 0.717) is 20.9 Å². The Hall–Kier alpha value is -0.650. The Morgan fingerprint density at radius 2 is 2.05 bits per heavy atom. The molecule has 0 aliphatic heterocycles. The lowest BCUT2D eigenvalue weighted by molar-refractivity contribution is -0.151. The van der Waals surface area contributed by atoms with Crippen LogP contribution in [0.2, 0.25) is 10.0 Å². The van der Waals surface area contributed by atoms with Gasteiger partial charge in [-0.2, -0.15) is 0 Å². The van der Waals surface area contributed by atoms with Gasteiger partial charge in [0.05, 0.1) is 15.8 Å². The molecule has 0 unspecified atom stereocenters. The standard InChI is InChI=1S/C12H16Cl2N2O2S/c1-12(2,3)18-9(17)6-19-11-8(14)5-7(13)10(15-4)16-11/h5H,6H2,1-4H3,(H,15,16). The van der Waals surface area contributed by atoms with Gasteiger partial charge in [0.1, 0.15) is 16.4 Å². The molecule has 19 heavy (non-hydrogen) atoms. The molecule has 0 radical (unpaired) electrons. The third kappa shape index (κ3) is 5.47. The normalized spacial score (nSPS) is 11.3.